The van der Waals surface area contributed by atoms with Crippen molar-refractivity contribution in [3.63, 3.8) is 0 Å². The fourth-order valence-corrected chi connectivity index (χ4v) is 1.67. The van der Waals surface area contributed by atoms with Crippen LogP contribution in [0.25, 0.3) is 0 Å². The molecule has 106 valence electrons. The number of benzene rings is 1. The molecule has 1 aromatic rings. The van der Waals surface area contributed by atoms with Crippen LogP contribution in [0.4, 0.5) is 0 Å². The Bertz CT molecular complexity index is 390. The molecule has 0 radical (unpaired) electrons. The topological polar surface area (TPSA) is 38.3 Å². The van der Waals surface area contributed by atoms with E-state index in [-0.39, 0.29) is 11.3 Å². The Balaban J connectivity index is 2.39. The summed E-state index contributed by atoms with van der Waals surface area (Å²) in [5.41, 5.74) is 1.12. The Labute approximate surface area is 116 Å². The van der Waals surface area contributed by atoms with E-state index in [2.05, 4.69) is 33.0 Å². The first-order valence-corrected chi connectivity index (χ1v) is 6.89. The third-order valence-electron chi connectivity index (χ3n) is 2.58. The van der Waals surface area contributed by atoms with Crippen LogP contribution < -0.4 is 10.1 Å². The second-order valence-electron chi connectivity index (χ2n) is 6.01. The molecule has 0 bridgehead atoms. The summed E-state index contributed by atoms with van der Waals surface area (Å²) in [4.78, 5) is 11.7. The lowest BCUT2D eigenvalue weighted by molar-refractivity contribution is -0.122. The summed E-state index contributed by atoms with van der Waals surface area (Å²) in [5, 5.41) is 2.94. The molecule has 0 aliphatic heterocycles. The molecule has 0 spiro atoms. The monoisotopic (exact) mass is 263 g/mol. The second kappa shape index (κ2) is 7.17. The van der Waals surface area contributed by atoms with Crippen molar-refractivity contribution >= 4 is 5.91 Å². The van der Waals surface area contributed by atoms with Crippen LogP contribution in [-0.2, 0) is 11.3 Å². The van der Waals surface area contributed by atoms with E-state index in [0.29, 0.717) is 13.0 Å². The standard InChI is InChI=1S/C16H25NO2/c1-5-10-19-14-8-6-13(7-9-14)12-17-15(18)11-16(2,3)4/h6-9H,5,10-12H2,1-4H3,(H,17,18). The first-order valence-electron chi connectivity index (χ1n) is 6.89. The maximum Gasteiger partial charge on any atom is 0.220 e. The zero-order valence-corrected chi connectivity index (χ0v) is 12.5. The molecule has 1 amide bonds. The van der Waals surface area contributed by atoms with E-state index in [4.69, 9.17) is 4.74 Å². The normalized spacial score (nSPS) is 11.2. The summed E-state index contributed by atoms with van der Waals surface area (Å²) in [6.07, 6.45) is 1.55. The lowest BCUT2D eigenvalue weighted by Gasteiger charge is -2.17. The molecule has 1 N–H and O–H groups in total. The molecular weight excluding hydrogens is 238 g/mol. The van der Waals surface area contributed by atoms with Crippen molar-refractivity contribution in [2.75, 3.05) is 6.61 Å². The van der Waals surface area contributed by atoms with Gasteiger partial charge in [0, 0.05) is 13.0 Å². The Hall–Kier alpha value is -1.51. The van der Waals surface area contributed by atoms with Crippen LogP contribution in [0.3, 0.4) is 0 Å². The molecule has 0 fully saturated rings. The largest absolute Gasteiger partial charge is 0.494 e. The highest BCUT2D eigenvalue weighted by molar-refractivity contribution is 5.76. The van der Waals surface area contributed by atoms with Gasteiger partial charge in [-0.2, -0.15) is 0 Å². The van der Waals surface area contributed by atoms with Gasteiger partial charge in [-0.1, -0.05) is 39.8 Å². The van der Waals surface area contributed by atoms with E-state index < -0.39 is 0 Å². The number of hydrogen-bond acceptors (Lipinski definition) is 2. The predicted octanol–water partition coefficient (Wildman–Crippen LogP) is 3.53. The van der Waals surface area contributed by atoms with Crippen LogP contribution in [-0.4, -0.2) is 12.5 Å². The Morgan fingerprint density at radius 3 is 2.37 bits per heavy atom. The Kier molecular flexibility index (Phi) is 5.87. The van der Waals surface area contributed by atoms with Gasteiger partial charge >= 0.3 is 0 Å². The van der Waals surface area contributed by atoms with Gasteiger partial charge in [-0.15, -0.1) is 0 Å². The van der Waals surface area contributed by atoms with Crippen molar-refractivity contribution < 1.29 is 9.53 Å². The summed E-state index contributed by atoms with van der Waals surface area (Å²) < 4.78 is 5.51. The van der Waals surface area contributed by atoms with Crippen molar-refractivity contribution in [2.24, 2.45) is 5.41 Å². The molecule has 0 heterocycles. The highest BCUT2D eigenvalue weighted by Crippen LogP contribution is 2.18. The molecule has 0 saturated heterocycles. The van der Waals surface area contributed by atoms with E-state index in [1.165, 1.54) is 0 Å². The molecule has 3 nitrogen and oxygen atoms in total. The number of amides is 1. The summed E-state index contributed by atoms with van der Waals surface area (Å²) in [5.74, 6) is 0.977. The fraction of sp³-hybridized carbons (Fsp3) is 0.562. The molecule has 0 unspecified atom stereocenters. The molecule has 0 saturated carbocycles. The number of nitrogens with one attached hydrogen (secondary N) is 1. The maximum absolute atomic E-state index is 11.7. The first kappa shape index (κ1) is 15.5. The molecular formula is C16H25NO2. The molecule has 3 heteroatoms. The van der Waals surface area contributed by atoms with Gasteiger partial charge < -0.3 is 10.1 Å². The fourth-order valence-electron chi connectivity index (χ4n) is 1.67. The van der Waals surface area contributed by atoms with Crippen LogP contribution >= 0.6 is 0 Å². The van der Waals surface area contributed by atoms with Crippen molar-refractivity contribution in [3.05, 3.63) is 29.8 Å². The lowest BCUT2D eigenvalue weighted by Crippen LogP contribution is -2.27. The number of carbonyl (C=O) groups excluding carboxylic acids is 1. The Morgan fingerprint density at radius 1 is 1.21 bits per heavy atom. The summed E-state index contributed by atoms with van der Waals surface area (Å²) in [6.45, 7) is 9.58. The molecule has 19 heavy (non-hydrogen) atoms. The highest BCUT2D eigenvalue weighted by atomic mass is 16.5. The smallest absolute Gasteiger partial charge is 0.220 e. The quantitative estimate of drug-likeness (QED) is 0.852. The minimum absolute atomic E-state index is 0.0297. The van der Waals surface area contributed by atoms with Crippen LogP contribution in [0.15, 0.2) is 24.3 Å². The van der Waals surface area contributed by atoms with E-state index in [1.807, 2.05) is 24.3 Å². The van der Waals surface area contributed by atoms with Gasteiger partial charge in [-0.25, -0.2) is 0 Å². The summed E-state index contributed by atoms with van der Waals surface area (Å²) in [6, 6.07) is 7.87. The third kappa shape index (κ3) is 6.85. The van der Waals surface area contributed by atoms with Gasteiger partial charge in [0.15, 0.2) is 0 Å². The van der Waals surface area contributed by atoms with Gasteiger partial charge in [-0.3, -0.25) is 4.79 Å². The minimum Gasteiger partial charge on any atom is -0.494 e. The van der Waals surface area contributed by atoms with Crippen molar-refractivity contribution in [1.82, 2.24) is 5.32 Å². The maximum atomic E-state index is 11.7. The molecule has 0 aliphatic carbocycles. The summed E-state index contributed by atoms with van der Waals surface area (Å²) in [7, 11) is 0. The van der Waals surface area contributed by atoms with E-state index >= 15 is 0 Å². The molecule has 1 rings (SSSR count). The average Bonchev–Trinajstić information content (AvgIpc) is 2.33. The van der Waals surface area contributed by atoms with Crippen LogP contribution in [0.2, 0.25) is 0 Å². The highest BCUT2D eigenvalue weighted by Gasteiger charge is 2.15. The predicted molar refractivity (Wildman–Crippen MR) is 78.1 cm³/mol. The third-order valence-corrected chi connectivity index (χ3v) is 2.58. The van der Waals surface area contributed by atoms with Crippen molar-refractivity contribution in [2.45, 2.75) is 47.1 Å². The number of carbonyl (C=O) groups is 1. The van der Waals surface area contributed by atoms with Gasteiger partial charge in [0.2, 0.25) is 5.91 Å². The second-order valence-corrected chi connectivity index (χ2v) is 6.01. The number of rotatable bonds is 6. The van der Waals surface area contributed by atoms with E-state index in [1.54, 1.807) is 0 Å². The first-order chi connectivity index (χ1) is 8.90. The molecule has 1 aromatic carbocycles. The summed E-state index contributed by atoms with van der Waals surface area (Å²) >= 11 is 0. The number of ether oxygens (including phenoxy) is 1. The molecule has 0 aromatic heterocycles. The lowest BCUT2D eigenvalue weighted by atomic mass is 9.92. The van der Waals surface area contributed by atoms with Crippen LogP contribution in [0, 0.1) is 5.41 Å². The average molecular weight is 263 g/mol. The van der Waals surface area contributed by atoms with E-state index in [0.717, 1.165) is 24.3 Å². The van der Waals surface area contributed by atoms with Crippen LogP contribution in [0.1, 0.15) is 46.1 Å². The molecule has 0 aliphatic rings. The zero-order chi connectivity index (χ0) is 14.3. The van der Waals surface area contributed by atoms with Crippen molar-refractivity contribution in [1.29, 1.82) is 0 Å². The van der Waals surface area contributed by atoms with Gasteiger partial charge in [-0.05, 0) is 29.5 Å². The molecule has 0 atom stereocenters. The van der Waals surface area contributed by atoms with Gasteiger partial charge in [0.05, 0.1) is 6.61 Å². The number of hydrogen-bond donors (Lipinski definition) is 1. The van der Waals surface area contributed by atoms with Crippen LogP contribution in [0.5, 0.6) is 5.75 Å². The Morgan fingerprint density at radius 2 is 1.84 bits per heavy atom. The van der Waals surface area contributed by atoms with Crippen molar-refractivity contribution in [3.8, 4) is 5.75 Å². The SMILES string of the molecule is CCCOc1ccc(CNC(=O)CC(C)(C)C)cc1. The zero-order valence-electron chi connectivity index (χ0n) is 12.5. The van der Waals surface area contributed by atoms with E-state index in [9.17, 15) is 4.79 Å². The van der Waals surface area contributed by atoms with Gasteiger partial charge in [0.1, 0.15) is 5.75 Å². The minimum atomic E-state index is 0.0297. The van der Waals surface area contributed by atoms with Gasteiger partial charge in [0.25, 0.3) is 0 Å².